The first kappa shape index (κ1) is 11.1. The minimum atomic E-state index is -0.345. The molecule has 0 aromatic carbocycles. The Morgan fingerprint density at radius 1 is 1.47 bits per heavy atom. The zero-order valence-electron chi connectivity index (χ0n) is 9.21. The molecule has 1 amide bonds. The Morgan fingerprint density at radius 2 is 2.24 bits per heavy atom. The molecule has 17 heavy (non-hydrogen) atoms. The second-order valence-electron chi connectivity index (χ2n) is 3.12. The van der Waals surface area contributed by atoms with Gasteiger partial charge >= 0.3 is 6.01 Å². The van der Waals surface area contributed by atoms with Gasteiger partial charge in [-0.25, -0.2) is 9.97 Å². The predicted octanol–water partition coefficient (Wildman–Crippen LogP) is 1.72. The van der Waals surface area contributed by atoms with Crippen LogP contribution in [0.1, 0.15) is 17.5 Å². The van der Waals surface area contributed by atoms with Crippen molar-refractivity contribution < 1.29 is 13.9 Å². The molecule has 0 fully saturated rings. The van der Waals surface area contributed by atoms with Gasteiger partial charge in [-0.05, 0) is 19.1 Å². The van der Waals surface area contributed by atoms with Crippen molar-refractivity contribution in [2.24, 2.45) is 0 Å². The molecule has 6 heteroatoms. The van der Waals surface area contributed by atoms with Crippen molar-refractivity contribution in [2.75, 3.05) is 11.9 Å². The summed E-state index contributed by atoms with van der Waals surface area (Å²) in [5.74, 6) is -0.110. The maximum absolute atomic E-state index is 11.6. The molecule has 88 valence electrons. The fourth-order valence-corrected chi connectivity index (χ4v) is 1.18. The second kappa shape index (κ2) is 5.11. The molecule has 0 spiro atoms. The summed E-state index contributed by atoms with van der Waals surface area (Å²) in [6.45, 7) is 2.34. The van der Waals surface area contributed by atoms with E-state index in [2.05, 4.69) is 15.3 Å². The van der Waals surface area contributed by atoms with Crippen molar-refractivity contribution in [2.45, 2.75) is 6.92 Å². The number of furan rings is 1. The van der Waals surface area contributed by atoms with E-state index in [1.54, 1.807) is 12.1 Å². The first-order valence-electron chi connectivity index (χ1n) is 5.09. The van der Waals surface area contributed by atoms with Crippen LogP contribution in [0.2, 0.25) is 0 Å². The summed E-state index contributed by atoms with van der Waals surface area (Å²) in [5.41, 5.74) is 0.481. The van der Waals surface area contributed by atoms with E-state index in [-0.39, 0.29) is 17.7 Å². The van der Waals surface area contributed by atoms with Crippen LogP contribution in [-0.2, 0) is 0 Å². The predicted molar refractivity (Wildman–Crippen MR) is 59.9 cm³/mol. The fraction of sp³-hybridized carbons (Fsp3) is 0.182. The topological polar surface area (TPSA) is 77.2 Å². The van der Waals surface area contributed by atoms with Crippen LogP contribution in [0.25, 0.3) is 0 Å². The van der Waals surface area contributed by atoms with Crippen LogP contribution in [0.4, 0.5) is 5.69 Å². The fourth-order valence-electron chi connectivity index (χ4n) is 1.18. The number of aromatic nitrogens is 2. The van der Waals surface area contributed by atoms with Crippen LogP contribution in [-0.4, -0.2) is 22.5 Å². The Bertz CT molecular complexity index is 479. The van der Waals surface area contributed by atoms with E-state index in [9.17, 15) is 4.79 Å². The smallest absolute Gasteiger partial charge is 0.316 e. The van der Waals surface area contributed by atoms with E-state index in [0.717, 1.165) is 0 Å². The first-order valence-corrected chi connectivity index (χ1v) is 5.09. The number of hydrogen-bond acceptors (Lipinski definition) is 5. The number of amides is 1. The molecule has 0 atom stereocenters. The number of hydrogen-bond donors (Lipinski definition) is 1. The Balaban J connectivity index is 2.01. The number of rotatable bonds is 4. The third kappa shape index (κ3) is 2.81. The maximum atomic E-state index is 11.6. The molecule has 0 aliphatic carbocycles. The highest BCUT2D eigenvalue weighted by Gasteiger charge is 2.09. The van der Waals surface area contributed by atoms with E-state index < -0.39 is 0 Å². The van der Waals surface area contributed by atoms with E-state index >= 15 is 0 Å². The van der Waals surface area contributed by atoms with Gasteiger partial charge in [-0.1, -0.05) is 0 Å². The molecule has 0 saturated heterocycles. The quantitative estimate of drug-likeness (QED) is 0.869. The highest BCUT2D eigenvalue weighted by molar-refractivity contribution is 6.01. The van der Waals surface area contributed by atoms with Crippen LogP contribution in [0.15, 0.2) is 35.2 Å². The number of ether oxygens (including phenoxy) is 1. The maximum Gasteiger partial charge on any atom is 0.316 e. The number of carbonyl (C=O) groups excluding carboxylic acids is 1. The van der Waals surface area contributed by atoms with Crippen molar-refractivity contribution in [3.63, 3.8) is 0 Å². The summed E-state index contributed by atoms with van der Waals surface area (Å²) in [6.07, 6.45) is 4.38. The normalized spacial score (nSPS) is 9.94. The summed E-state index contributed by atoms with van der Waals surface area (Å²) in [4.78, 5) is 19.4. The lowest BCUT2D eigenvalue weighted by Crippen LogP contribution is -2.11. The van der Waals surface area contributed by atoms with Gasteiger partial charge in [-0.2, -0.15) is 0 Å². The van der Waals surface area contributed by atoms with E-state index in [4.69, 9.17) is 9.15 Å². The third-order valence-corrected chi connectivity index (χ3v) is 1.90. The summed E-state index contributed by atoms with van der Waals surface area (Å²) >= 11 is 0. The lowest BCUT2D eigenvalue weighted by Gasteiger charge is -2.03. The zero-order valence-corrected chi connectivity index (χ0v) is 9.21. The standard InChI is InChI=1S/C11H11N3O3/c1-2-16-11-12-6-8(7-13-11)14-10(15)9-4-3-5-17-9/h3-7H,2H2,1H3,(H,14,15). The SMILES string of the molecule is CCOc1ncc(NC(=O)c2ccco2)cn1. The average molecular weight is 233 g/mol. The van der Waals surface area contributed by atoms with Crippen molar-refractivity contribution >= 4 is 11.6 Å². The molecule has 2 aromatic heterocycles. The summed E-state index contributed by atoms with van der Waals surface area (Å²) in [5, 5.41) is 2.60. The molecule has 2 aromatic rings. The van der Waals surface area contributed by atoms with Crippen LogP contribution < -0.4 is 10.1 Å². The van der Waals surface area contributed by atoms with Gasteiger partial charge in [0.2, 0.25) is 0 Å². The van der Waals surface area contributed by atoms with Gasteiger partial charge in [0.1, 0.15) is 0 Å². The lowest BCUT2D eigenvalue weighted by molar-refractivity contribution is 0.0996. The Morgan fingerprint density at radius 3 is 2.82 bits per heavy atom. The van der Waals surface area contributed by atoms with Gasteiger partial charge in [0, 0.05) is 0 Å². The van der Waals surface area contributed by atoms with Gasteiger partial charge in [0.15, 0.2) is 5.76 Å². The zero-order chi connectivity index (χ0) is 12.1. The van der Waals surface area contributed by atoms with Crippen LogP contribution in [0.3, 0.4) is 0 Å². The third-order valence-electron chi connectivity index (χ3n) is 1.90. The van der Waals surface area contributed by atoms with Crippen molar-refractivity contribution in [3.8, 4) is 6.01 Å². The van der Waals surface area contributed by atoms with Crippen LogP contribution in [0.5, 0.6) is 6.01 Å². The summed E-state index contributed by atoms with van der Waals surface area (Å²) < 4.78 is 10.0. The van der Waals surface area contributed by atoms with Gasteiger partial charge in [0.05, 0.1) is 31.0 Å². The molecule has 0 saturated carbocycles. The molecule has 0 aliphatic heterocycles. The van der Waals surface area contributed by atoms with E-state index in [1.165, 1.54) is 18.7 Å². The molecule has 0 aliphatic rings. The van der Waals surface area contributed by atoms with Gasteiger partial charge in [-0.3, -0.25) is 4.79 Å². The Hall–Kier alpha value is -2.37. The largest absolute Gasteiger partial charge is 0.464 e. The van der Waals surface area contributed by atoms with Crippen molar-refractivity contribution in [3.05, 3.63) is 36.5 Å². The average Bonchev–Trinajstić information content (AvgIpc) is 2.86. The van der Waals surface area contributed by atoms with E-state index in [1.807, 2.05) is 6.92 Å². The summed E-state index contributed by atoms with van der Waals surface area (Å²) in [6, 6.07) is 3.50. The van der Waals surface area contributed by atoms with Crippen molar-refractivity contribution in [1.29, 1.82) is 0 Å². The van der Waals surface area contributed by atoms with Gasteiger partial charge < -0.3 is 14.5 Å². The van der Waals surface area contributed by atoms with Crippen LogP contribution >= 0.6 is 0 Å². The molecule has 0 radical (unpaired) electrons. The molecule has 1 N–H and O–H groups in total. The highest BCUT2D eigenvalue weighted by Crippen LogP contribution is 2.09. The minimum absolute atomic E-state index is 0.235. The number of nitrogens with one attached hydrogen (secondary N) is 1. The number of anilines is 1. The highest BCUT2D eigenvalue weighted by atomic mass is 16.5. The first-order chi connectivity index (χ1) is 8.29. The number of nitrogens with zero attached hydrogens (tertiary/aromatic N) is 2. The van der Waals surface area contributed by atoms with Crippen LogP contribution in [0, 0.1) is 0 Å². The monoisotopic (exact) mass is 233 g/mol. The molecular weight excluding hydrogens is 222 g/mol. The Kier molecular flexibility index (Phi) is 3.34. The summed E-state index contributed by atoms with van der Waals surface area (Å²) in [7, 11) is 0. The minimum Gasteiger partial charge on any atom is -0.464 e. The molecule has 0 bridgehead atoms. The molecule has 2 heterocycles. The van der Waals surface area contributed by atoms with Gasteiger partial charge in [-0.15, -0.1) is 0 Å². The van der Waals surface area contributed by atoms with E-state index in [0.29, 0.717) is 12.3 Å². The lowest BCUT2D eigenvalue weighted by atomic mass is 10.4. The molecule has 2 rings (SSSR count). The van der Waals surface area contributed by atoms with Gasteiger partial charge in [0.25, 0.3) is 5.91 Å². The Labute approximate surface area is 97.6 Å². The number of carbonyl (C=O) groups is 1. The molecule has 6 nitrogen and oxygen atoms in total. The molecule has 0 unspecified atom stereocenters. The second-order valence-corrected chi connectivity index (χ2v) is 3.12. The molecular formula is C11H11N3O3. The van der Waals surface area contributed by atoms with Crippen molar-refractivity contribution in [1.82, 2.24) is 9.97 Å².